The molecule has 2 heterocycles. The van der Waals surface area contributed by atoms with Crippen LogP contribution in [-0.2, 0) is 24.1 Å². The lowest BCUT2D eigenvalue weighted by Gasteiger charge is -2.10. The molecule has 3 N–H and O–H groups in total. The molecule has 0 unspecified atom stereocenters. The maximum Gasteiger partial charge on any atom is 0.303 e. The Labute approximate surface area is 175 Å². The van der Waals surface area contributed by atoms with Crippen LogP contribution in [0.5, 0.6) is 0 Å². The van der Waals surface area contributed by atoms with Crippen molar-refractivity contribution in [2.24, 2.45) is 0 Å². The number of carboxylic acids is 1. The molecular weight excluding hydrogens is 374 g/mol. The number of aryl methyl sites for hydroxylation is 5. The van der Waals surface area contributed by atoms with Crippen LogP contribution in [0.1, 0.15) is 34.4 Å². The molecule has 152 valence electrons. The van der Waals surface area contributed by atoms with Crippen LogP contribution in [0.4, 0.5) is 5.82 Å². The van der Waals surface area contributed by atoms with Crippen LogP contribution < -0.4 is 5.73 Å². The number of benzene rings is 2. The highest BCUT2D eigenvalue weighted by Gasteiger charge is 2.10. The van der Waals surface area contributed by atoms with E-state index in [1.165, 1.54) is 11.1 Å². The zero-order chi connectivity index (χ0) is 21.3. The van der Waals surface area contributed by atoms with Crippen molar-refractivity contribution >= 4 is 33.6 Å². The molecule has 4 rings (SSSR count). The lowest BCUT2D eigenvalue weighted by atomic mass is 9.98. The average Bonchev–Trinajstić information content (AvgIpc) is 2.71. The van der Waals surface area contributed by atoms with E-state index in [0.717, 1.165) is 51.5 Å². The largest absolute Gasteiger partial charge is 0.481 e. The van der Waals surface area contributed by atoms with Gasteiger partial charge in [0.25, 0.3) is 0 Å². The minimum Gasteiger partial charge on any atom is -0.481 e. The molecule has 0 radical (unpaired) electrons. The standard InChI is InChI=1S/C25H25N3O2/c1-15-3-10-20-21-11-9-19(27-24(21)25(26)28-22(20)13-15)8-7-18-6-4-17(14-16(18)2)5-12-23(29)30/h3-4,6,9-11,13-14H,5,7-8,12H2,1-2H3,(H2,26,28)(H,29,30). The second-order valence-corrected chi connectivity index (χ2v) is 7.87. The Balaban J connectivity index is 1.56. The first kappa shape index (κ1) is 19.8. The van der Waals surface area contributed by atoms with Crippen molar-refractivity contribution in [3.8, 4) is 0 Å². The van der Waals surface area contributed by atoms with Gasteiger partial charge < -0.3 is 10.8 Å². The SMILES string of the molecule is Cc1ccc2c(c1)nc(N)c1nc(CCc3ccc(CCC(=O)O)cc3C)ccc12. The normalized spacial score (nSPS) is 11.3. The second-order valence-electron chi connectivity index (χ2n) is 7.87. The Morgan fingerprint density at radius 1 is 0.933 bits per heavy atom. The fraction of sp³-hybridized carbons (Fsp3) is 0.240. The first-order valence-corrected chi connectivity index (χ1v) is 10.2. The average molecular weight is 399 g/mol. The molecule has 0 atom stereocenters. The summed E-state index contributed by atoms with van der Waals surface area (Å²) in [7, 11) is 0. The van der Waals surface area contributed by atoms with Gasteiger partial charge in [0, 0.05) is 22.9 Å². The van der Waals surface area contributed by atoms with Gasteiger partial charge in [-0.1, -0.05) is 36.4 Å². The van der Waals surface area contributed by atoms with E-state index in [0.29, 0.717) is 12.2 Å². The van der Waals surface area contributed by atoms with Crippen LogP contribution in [0.3, 0.4) is 0 Å². The number of aromatic nitrogens is 2. The number of fused-ring (bicyclic) bond motifs is 3. The first-order chi connectivity index (χ1) is 14.4. The number of hydrogen-bond acceptors (Lipinski definition) is 4. The summed E-state index contributed by atoms with van der Waals surface area (Å²) < 4.78 is 0. The van der Waals surface area contributed by atoms with Gasteiger partial charge in [-0.15, -0.1) is 0 Å². The van der Waals surface area contributed by atoms with E-state index >= 15 is 0 Å². The third-order valence-electron chi connectivity index (χ3n) is 5.56. The van der Waals surface area contributed by atoms with Crippen LogP contribution in [0.2, 0.25) is 0 Å². The van der Waals surface area contributed by atoms with Crippen molar-refractivity contribution in [2.45, 2.75) is 39.5 Å². The maximum atomic E-state index is 10.8. The van der Waals surface area contributed by atoms with Crippen molar-refractivity contribution < 1.29 is 9.90 Å². The quantitative estimate of drug-likeness (QED) is 0.455. The number of hydrogen-bond donors (Lipinski definition) is 2. The van der Waals surface area contributed by atoms with E-state index < -0.39 is 5.97 Å². The van der Waals surface area contributed by atoms with Gasteiger partial charge in [-0.25, -0.2) is 9.97 Å². The zero-order valence-electron chi connectivity index (χ0n) is 17.3. The van der Waals surface area contributed by atoms with Gasteiger partial charge in [-0.05, 0) is 67.5 Å². The summed E-state index contributed by atoms with van der Waals surface area (Å²) in [6.07, 6.45) is 2.38. The molecule has 0 aliphatic heterocycles. The molecule has 0 fully saturated rings. The molecule has 0 spiro atoms. The highest BCUT2D eigenvalue weighted by molar-refractivity contribution is 6.08. The zero-order valence-corrected chi connectivity index (χ0v) is 17.3. The number of carbonyl (C=O) groups is 1. The molecule has 0 saturated heterocycles. The molecular formula is C25H25N3O2. The fourth-order valence-electron chi connectivity index (χ4n) is 3.90. The summed E-state index contributed by atoms with van der Waals surface area (Å²) in [6, 6.07) is 16.6. The van der Waals surface area contributed by atoms with E-state index in [1.54, 1.807) is 0 Å². The molecule has 0 amide bonds. The van der Waals surface area contributed by atoms with Crippen molar-refractivity contribution in [1.82, 2.24) is 9.97 Å². The summed E-state index contributed by atoms with van der Waals surface area (Å²) in [4.78, 5) is 20.1. The molecule has 4 aromatic rings. The van der Waals surface area contributed by atoms with E-state index in [2.05, 4.69) is 48.3 Å². The van der Waals surface area contributed by atoms with Crippen LogP contribution >= 0.6 is 0 Å². The third kappa shape index (κ3) is 4.10. The molecule has 2 aromatic heterocycles. The van der Waals surface area contributed by atoms with Crippen molar-refractivity contribution in [2.75, 3.05) is 5.73 Å². The molecule has 5 heteroatoms. The van der Waals surface area contributed by atoms with Crippen molar-refractivity contribution in [3.05, 3.63) is 76.5 Å². The van der Waals surface area contributed by atoms with Gasteiger partial charge in [0.1, 0.15) is 5.52 Å². The van der Waals surface area contributed by atoms with Crippen LogP contribution in [-0.4, -0.2) is 21.0 Å². The smallest absolute Gasteiger partial charge is 0.303 e. The molecule has 2 aromatic carbocycles. The first-order valence-electron chi connectivity index (χ1n) is 10.2. The fourth-order valence-corrected chi connectivity index (χ4v) is 3.90. The summed E-state index contributed by atoms with van der Waals surface area (Å²) in [5.41, 5.74) is 13.5. The van der Waals surface area contributed by atoms with Gasteiger partial charge in [-0.3, -0.25) is 4.79 Å². The summed E-state index contributed by atoms with van der Waals surface area (Å²) in [5.74, 6) is -0.306. The minimum atomic E-state index is -0.768. The molecule has 5 nitrogen and oxygen atoms in total. The number of pyridine rings is 2. The van der Waals surface area contributed by atoms with Crippen LogP contribution in [0.15, 0.2) is 48.5 Å². The number of nitrogens with two attached hydrogens (primary N) is 1. The second kappa shape index (κ2) is 8.11. The van der Waals surface area contributed by atoms with Crippen molar-refractivity contribution in [1.29, 1.82) is 0 Å². The lowest BCUT2D eigenvalue weighted by molar-refractivity contribution is -0.136. The van der Waals surface area contributed by atoms with Crippen LogP contribution in [0.25, 0.3) is 21.8 Å². The predicted octanol–water partition coefficient (Wildman–Crippen LogP) is 4.78. The van der Waals surface area contributed by atoms with E-state index in [-0.39, 0.29) is 6.42 Å². The Bertz CT molecular complexity index is 1260. The highest BCUT2D eigenvalue weighted by Crippen LogP contribution is 2.27. The molecule has 30 heavy (non-hydrogen) atoms. The van der Waals surface area contributed by atoms with Gasteiger partial charge in [-0.2, -0.15) is 0 Å². The van der Waals surface area contributed by atoms with E-state index in [4.69, 9.17) is 15.8 Å². The maximum absolute atomic E-state index is 10.8. The molecule has 0 bridgehead atoms. The van der Waals surface area contributed by atoms with Gasteiger partial charge in [0.05, 0.1) is 5.52 Å². The summed E-state index contributed by atoms with van der Waals surface area (Å²) in [5, 5.41) is 10.9. The monoisotopic (exact) mass is 399 g/mol. The Morgan fingerprint density at radius 2 is 1.73 bits per heavy atom. The number of anilines is 1. The Morgan fingerprint density at radius 3 is 2.50 bits per heavy atom. The third-order valence-corrected chi connectivity index (χ3v) is 5.56. The molecule has 0 saturated carbocycles. The van der Waals surface area contributed by atoms with Gasteiger partial charge >= 0.3 is 5.97 Å². The highest BCUT2D eigenvalue weighted by atomic mass is 16.4. The van der Waals surface area contributed by atoms with Gasteiger partial charge in [0.2, 0.25) is 0 Å². The topological polar surface area (TPSA) is 89.1 Å². The van der Waals surface area contributed by atoms with E-state index in [1.807, 2.05) is 19.1 Å². The Kier molecular flexibility index (Phi) is 5.36. The predicted molar refractivity (Wildman–Crippen MR) is 121 cm³/mol. The lowest BCUT2D eigenvalue weighted by Crippen LogP contribution is -2.01. The number of nitrogens with zero attached hydrogens (tertiary/aromatic N) is 2. The number of aliphatic carboxylic acids is 1. The minimum absolute atomic E-state index is 0.156. The Hall–Kier alpha value is -3.47. The number of rotatable bonds is 6. The molecule has 0 aliphatic carbocycles. The number of carboxylic acid groups (broad SMARTS) is 1. The summed E-state index contributed by atoms with van der Waals surface area (Å²) >= 11 is 0. The van der Waals surface area contributed by atoms with Crippen LogP contribution in [0, 0.1) is 13.8 Å². The number of nitrogen functional groups attached to an aromatic ring is 1. The molecule has 0 aliphatic rings. The van der Waals surface area contributed by atoms with Crippen molar-refractivity contribution in [3.63, 3.8) is 0 Å². The summed E-state index contributed by atoms with van der Waals surface area (Å²) in [6.45, 7) is 4.12. The van der Waals surface area contributed by atoms with E-state index in [9.17, 15) is 4.79 Å². The van der Waals surface area contributed by atoms with Gasteiger partial charge in [0.15, 0.2) is 5.82 Å².